The van der Waals surface area contributed by atoms with Crippen molar-refractivity contribution in [1.29, 1.82) is 0 Å². The normalized spacial score (nSPS) is 16.8. The third-order valence-electron chi connectivity index (χ3n) is 3.45. The number of benzene rings is 1. The van der Waals surface area contributed by atoms with Crippen molar-refractivity contribution >= 4 is 33.2 Å². The summed E-state index contributed by atoms with van der Waals surface area (Å²) in [5, 5.41) is 1.68. The molecule has 1 aliphatic heterocycles. The summed E-state index contributed by atoms with van der Waals surface area (Å²) in [6.45, 7) is 2.85. The van der Waals surface area contributed by atoms with Crippen molar-refractivity contribution in [1.82, 2.24) is 0 Å². The van der Waals surface area contributed by atoms with E-state index in [1.54, 1.807) is 0 Å². The van der Waals surface area contributed by atoms with E-state index in [4.69, 9.17) is 16.3 Å². The highest BCUT2D eigenvalue weighted by Crippen LogP contribution is 2.28. The fourth-order valence-electron chi connectivity index (χ4n) is 2.36. The zero-order chi connectivity index (χ0) is 13.0. The van der Waals surface area contributed by atoms with Gasteiger partial charge in [-0.25, -0.2) is 0 Å². The zero-order valence-electron chi connectivity index (χ0n) is 10.7. The molecule has 1 heterocycles. The van der Waals surface area contributed by atoms with Gasteiger partial charge >= 0.3 is 0 Å². The monoisotopic (exact) mass is 331 g/mol. The zero-order valence-corrected chi connectivity index (χ0v) is 13.0. The van der Waals surface area contributed by atoms with Gasteiger partial charge in [-0.15, -0.1) is 0 Å². The van der Waals surface area contributed by atoms with Crippen molar-refractivity contribution in [3.8, 4) is 0 Å². The Kier molecular flexibility index (Phi) is 5.34. The van der Waals surface area contributed by atoms with Crippen LogP contribution in [-0.2, 0) is 10.1 Å². The van der Waals surface area contributed by atoms with Gasteiger partial charge in [-0.1, -0.05) is 33.6 Å². The predicted octanol–water partition coefficient (Wildman–Crippen LogP) is 4.10. The van der Waals surface area contributed by atoms with Crippen LogP contribution >= 0.6 is 27.5 Å². The van der Waals surface area contributed by atoms with E-state index in [9.17, 15) is 0 Å². The lowest BCUT2D eigenvalue weighted by Crippen LogP contribution is -2.29. The van der Waals surface area contributed by atoms with Crippen LogP contribution in [0.2, 0.25) is 5.02 Å². The first-order valence-corrected chi connectivity index (χ1v) is 7.84. The third kappa shape index (κ3) is 3.62. The fraction of sp³-hybridized carbons (Fsp3) is 0.571. The van der Waals surface area contributed by atoms with E-state index in [1.807, 2.05) is 6.07 Å². The molecule has 0 atom stereocenters. The van der Waals surface area contributed by atoms with Crippen LogP contribution in [0.4, 0.5) is 5.69 Å². The minimum absolute atomic E-state index is 0.718. The molecule has 4 heteroatoms. The highest BCUT2D eigenvalue weighted by molar-refractivity contribution is 9.08. The summed E-state index contributed by atoms with van der Waals surface area (Å²) in [7, 11) is 2.12. The van der Waals surface area contributed by atoms with E-state index in [0.717, 1.165) is 54.6 Å². The molecule has 0 aromatic heterocycles. The summed E-state index contributed by atoms with van der Waals surface area (Å²) in [4.78, 5) is 2.26. The fourth-order valence-corrected chi connectivity index (χ4v) is 3.05. The number of anilines is 1. The first-order valence-electron chi connectivity index (χ1n) is 6.34. The van der Waals surface area contributed by atoms with Crippen molar-refractivity contribution in [2.24, 2.45) is 5.92 Å². The van der Waals surface area contributed by atoms with Gasteiger partial charge in [0.25, 0.3) is 0 Å². The molecule has 100 valence electrons. The van der Waals surface area contributed by atoms with E-state index in [2.05, 4.69) is 40.0 Å². The molecule has 0 unspecified atom stereocenters. The maximum Gasteiger partial charge on any atom is 0.0642 e. The van der Waals surface area contributed by atoms with Crippen molar-refractivity contribution in [3.05, 3.63) is 28.8 Å². The number of nitrogens with zero attached hydrogens (tertiary/aromatic N) is 1. The van der Waals surface area contributed by atoms with Crippen LogP contribution in [0.5, 0.6) is 0 Å². The molecule has 0 N–H and O–H groups in total. The summed E-state index contributed by atoms with van der Waals surface area (Å²) in [5.74, 6) is 0.718. The summed E-state index contributed by atoms with van der Waals surface area (Å²) in [6, 6.07) is 6.26. The number of hydrogen-bond acceptors (Lipinski definition) is 2. The number of halogens is 2. The Balaban J connectivity index is 2.01. The average Bonchev–Trinajstić information content (AvgIpc) is 2.39. The lowest BCUT2D eigenvalue weighted by atomic mass is 9.99. The van der Waals surface area contributed by atoms with E-state index in [0.29, 0.717) is 0 Å². The molecule has 0 radical (unpaired) electrons. The Bertz CT molecular complexity index is 393. The molecule has 1 aromatic carbocycles. The van der Waals surface area contributed by atoms with Gasteiger partial charge in [0, 0.05) is 32.1 Å². The summed E-state index contributed by atoms with van der Waals surface area (Å²) < 4.78 is 5.39. The average molecular weight is 333 g/mol. The second-order valence-electron chi connectivity index (χ2n) is 4.86. The smallest absolute Gasteiger partial charge is 0.0642 e. The van der Waals surface area contributed by atoms with Crippen LogP contribution in [0.1, 0.15) is 18.4 Å². The molecule has 1 aromatic rings. The van der Waals surface area contributed by atoms with Crippen molar-refractivity contribution in [2.45, 2.75) is 18.2 Å². The van der Waals surface area contributed by atoms with Crippen LogP contribution in [0, 0.1) is 5.92 Å². The van der Waals surface area contributed by atoms with Crippen molar-refractivity contribution in [2.75, 3.05) is 31.7 Å². The molecule has 1 saturated heterocycles. The van der Waals surface area contributed by atoms with Crippen LogP contribution in [-0.4, -0.2) is 26.8 Å². The van der Waals surface area contributed by atoms with Crippen molar-refractivity contribution < 1.29 is 4.74 Å². The maximum absolute atomic E-state index is 6.33. The Morgan fingerprint density at radius 2 is 2.11 bits per heavy atom. The molecule has 0 amide bonds. The number of ether oxygens (including phenoxy) is 1. The Morgan fingerprint density at radius 3 is 2.72 bits per heavy atom. The minimum Gasteiger partial charge on any atom is -0.381 e. The predicted molar refractivity (Wildman–Crippen MR) is 80.9 cm³/mol. The van der Waals surface area contributed by atoms with E-state index >= 15 is 0 Å². The van der Waals surface area contributed by atoms with Gasteiger partial charge in [0.1, 0.15) is 0 Å². The lowest BCUT2D eigenvalue weighted by Gasteiger charge is -2.29. The number of rotatable bonds is 4. The van der Waals surface area contributed by atoms with Gasteiger partial charge in [0.15, 0.2) is 0 Å². The summed E-state index contributed by atoms with van der Waals surface area (Å²) in [5.41, 5.74) is 2.33. The number of hydrogen-bond donors (Lipinski definition) is 0. The molecule has 0 saturated carbocycles. The molecule has 2 nitrogen and oxygen atoms in total. The molecular weight excluding hydrogens is 314 g/mol. The van der Waals surface area contributed by atoms with Crippen molar-refractivity contribution in [3.63, 3.8) is 0 Å². The quantitative estimate of drug-likeness (QED) is 0.770. The van der Waals surface area contributed by atoms with Gasteiger partial charge in [-0.3, -0.25) is 0 Å². The molecule has 1 fully saturated rings. The Labute approximate surface area is 122 Å². The Hall–Kier alpha value is -0.250. The Morgan fingerprint density at radius 1 is 1.39 bits per heavy atom. The molecule has 1 aliphatic rings. The summed E-state index contributed by atoms with van der Waals surface area (Å²) >= 11 is 9.78. The topological polar surface area (TPSA) is 12.5 Å². The van der Waals surface area contributed by atoms with E-state index in [-0.39, 0.29) is 0 Å². The standard InChI is InChI=1S/C14H19BrClNO/c1-17(10-11-4-6-18-7-5-11)14-3-2-12(9-15)8-13(14)16/h2-3,8,11H,4-7,9-10H2,1H3. The van der Waals surface area contributed by atoms with Crippen LogP contribution < -0.4 is 4.90 Å². The first kappa shape index (κ1) is 14.2. The molecule has 2 rings (SSSR count). The maximum atomic E-state index is 6.33. The molecule has 0 bridgehead atoms. The second-order valence-corrected chi connectivity index (χ2v) is 5.82. The highest BCUT2D eigenvalue weighted by atomic mass is 79.9. The van der Waals surface area contributed by atoms with Crippen LogP contribution in [0.15, 0.2) is 18.2 Å². The molecule has 18 heavy (non-hydrogen) atoms. The lowest BCUT2D eigenvalue weighted by molar-refractivity contribution is 0.0685. The van der Waals surface area contributed by atoms with Crippen LogP contribution in [0.25, 0.3) is 0 Å². The third-order valence-corrected chi connectivity index (χ3v) is 4.40. The minimum atomic E-state index is 0.718. The van der Waals surface area contributed by atoms with Crippen LogP contribution in [0.3, 0.4) is 0 Å². The van der Waals surface area contributed by atoms with Gasteiger partial charge in [-0.2, -0.15) is 0 Å². The van der Waals surface area contributed by atoms with Gasteiger partial charge in [0.05, 0.1) is 10.7 Å². The van der Waals surface area contributed by atoms with Gasteiger partial charge in [0.2, 0.25) is 0 Å². The highest BCUT2D eigenvalue weighted by Gasteiger charge is 2.17. The van der Waals surface area contributed by atoms with Gasteiger partial charge in [-0.05, 0) is 36.5 Å². The SMILES string of the molecule is CN(CC1CCOCC1)c1ccc(CBr)cc1Cl. The first-order chi connectivity index (χ1) is 8.70. The molecule has 0 aliphatic carbocycles. The largest absolute Gasteiger partial charge is 0.381 e. The van der Waals surface area contributed by atoms with E-state index < -0.39 is 0 Å². The molecule has 0 spiro atoms. The summed E-state index contributed by atoms with van der Waals surface area (Å²) in [6.07, 6.45) is 2.31. The van der Waals surface area contributed by atoms with E-state index in [1.165, 1.54) is 5.56 Å². The molecular formula is C14H19BrClNO. The van der Waals surface area contributed by atoms with Gasteiger partial charge < -0.3 is 9.64 Å². The second kappa shape index (κ2) is 6.78. The number of alkyl halides is 1.